The molecular weight excluding hydrogens is 524 g/mol. The van der Waals surface area contributed by atoms with Crippen molar-refractivity contribution < 1.29 is 54.1 Å². The van der Waals surface area contributed by atoms with Crippen LogP contribution >= 0.6 is 0 Å². The lowest BCUT2D eigenvalue weighted by Crippen LogP contribution is -2.72. The van der Waals surface area contributed by atoms with Crippen LogP contribution in [0.1, 0.15) is 58.8 Å². The molecule has 0 aromatic carbocycles. The van der Waals surface area contributed by atoms with E-state index in [0.717, 1.165) is 6.29 Å². The summed E-state index contributed by atoms with van der Waals surface area (Å²) < 4.78 is 23.2. The predicted molar refractivity (Wildman–Crippen MR) is 134 cm³/mol. The molecule has 6 fully saturated rings. The van der Waals surface area contributed by atoms with Crippen molar-refractivity contribution in [2.24, 2.45) is 34.5 Å². The van der Waals surface area contributed by atoms with Crippen LogP contribution in [0.3, 0.4) is 0 Å². The van der Waals surface area contributed by atoms with Crippen LogP contribution in [-0.4, -0.2) is 98.7 Å². The van der Waals surface area contributed by atoms with Gasteiger partial charge < -0.3 is 49.3 Å². The first-order chi connectivity index (χ1) is 18.9. The maximum absolute atomic E-state index is 13.2. The minimum atomic E-state index is -2.06. The Morgan fingerprint density at radius 3 is 2.45 bits per heavy atom. The molecule has 5 N–H and O–H groups in total. The van der Waals surface area contributed by atoms with E-state index in [1.54, 1.807) is 13.8 Å². The van der Waals surface area contributed by atoms with E-state index >= 15 is 0 Å². The zero-order valence-corrected chi connectivity index (χ0v) is 22.8. The number of hydrogen-bond donors (Lipinski definition) is 5. The highest BCUT2D eigenvalue weighted by molar-refractivity contribution is 5.85. The molecular formula is C29H40O11. The van der Waals surface area contributed by atoms with Gasteiger partial charge >= 0.3 is 5.97 Å². The number of hydrogen-bond acceptors (Lipinski definition) is 11. The monoisotopic (exact) mass is 564 g/mol. The van der Waals surface area contributed by atoms with Crippen molar-refractivity contribution >= 4 is 12.3 Å². The molecule has 0 bridgehead atoms. The van der Waals surface area contributed by atoms with Crippen molar-refractivity contribution in [3.8, 4) is 0 Å². The summed E-state index contributed by atoms with van der Waals surface area (Å²) in [6.45, 7) is 3.60. The van der Waals surface area contributed by atoms with Gasteiger partial charge in [0.15, 0.2) is 0 Å². The standard InChI is InChI=1S/C29H40O11/c1-13-5-22(33)29(36)25(38-13)39-19-7-15-3-4-16-17(27(15,12-30)10-20(19)40-29)8-21(32)26(2)24(14-6-23(34)37-11-14)18(31)9-28(16,26)35/h6,12-13,15-22,24-25,31-33,35-36H,3-5,7-11H2,1-2H3/t13-,15+,16-,17+,18-,19-,20-,21-,22+,24+,25+,26-,27-,28+,29+/m1/s1. The molecule has 0 amide bonds. The van der Waals surface area contributed by atoms with Gasteiger partial charge in [0, 0.05) is 35.7 Å². The van der Waals surface area contributed by atoms with E-state index in [1.165, 1.54) is 6.08 Å². The molecule has 0 spiro atoms. The van der Waals surface area contributed by atoms with Gasteiger partial charge in [-0.1, -0.05) is 6.92 Å². The maximum atomic E-state index is 13.2. The molecule has 4 saturated carbocycles. The fourth-order valence-electron chi connectivity index (χ4n) is 10.3. The molecule has 2 saturated heterocycles. The van der Waals surface area contributed by atoms with Gasteiger partial charge in [0.05, 0.1) is 36.1 Å². The van der Waals surface area contributed by atoms with Crippen LogP contribution in [0.5, 0.6) is 0 Å². The van der Waals surface area contributed by atoms with E-state index in [9.17, 15) is 35.1 Å². The Bertz CT molecular complexity index is 1130. The first-order valence-electron chi connectivity index (χ1n) is 14.7. The third kappa shape index (κ3) is 3.35. The topological polar surface area (TPSA) is 172 Å². The van der Waals surface area contributed by atoms with E-state index in [-0.39, 0.29) is 50.2 Å². The van der Waals surface area contributed by atoms with Crippen LogP contribution in [0, 0.1) is 34.5 Å². The number of esters is 1. The fourth-order valence-corrected chi connectivity index (χ4v) is 10.3. The molecule has 15 atom stereocenters. The van der Waals surface area contributed by atoms with Crippen molar-refractivity contribution in [2.45, 2.75) is 113 Å². The summed E-state index contributed by atoms with van der Waals surface area (Å²) >= 11 is 0. The number of ether oxygens (including phenoxy) is 4. The minimum absolute atomic E-state index is 0.0199. The maximum Gasteiger partial charge on any atom is 0.331 e. The quantitative estimate of drug-likeness (QED) is 0.173. The Morgan fingerprint density at radius 2 is 1.75 bits per heavy atom. The van der Waals surface area contributed by atoms with Crippen molar-refractivity contribution in [1.82, 2.24) is 0 Å². The van der Waals surface area contributed by atoms with Gasteiger partial charge in [-0.3, -0.25) is 0 Å². The van der Waals surface area contributed by atoms with Crippen LogP contribution in [-0.2, 0) is 28.5 Å². The number of aliphatic hydroxyl groups excluding tert-OH is 3. The third-order valence-corrected chi connectivity index (χ3v) is 12.2. The van der Waals surface area contributed by atoms with E-state index in [0.29, 0.717) is 24.8 Å². The number of aldehydes is 1. The van der Waals surface area contributed by atoms with Crippen molar-refractivity contribution in [1.29, 1.82) is 0 Å². The second-order valence-electron chi connectivity index (χ2n) is 13.8. The zero-order valence-electron chi connectivity index (χ0n) is 22.8. The summed E-state index contributed by atoms with van der Waals surface area (Å²) in [5.41, 5.74) is -3.02. The van der Waals surface area contributed by atoms with E-state index in [2.05, 4.69) is 0 Å². The molecule has 11 heteroatoms. The van der Waals surface area contributed by atoms with Crippen LogP contribution < -0.4 is 0 Å². The van der Waals surface area contributed by atoms with E-state index in [4.69, 9.17) is 18.9 Å². The number of cyclic esters (lactones) is 1. The molecule has 0 aromatic rings. The lowest BCUT2D eigenvalue weighted by atomic mass is 9.42. The molecule has 222 valence electrons. The first kappa shape index (κ1) is 27.4. The van der Waals surface area contributed by atoms with Crippen LogP contribution in [0.2, 0.25) is 0 Å². The van der Waals surface area contributed by atoms with Gasteiger partial charge in [0.1, 0.15) is 19.0 Å². The average Bonchev–Trinajstić information content (AvgIpc) is 3.40. The lowest BCUT2D eigenvalue weighted by Gasteiger charge is -2.65. The molecule has 11 nitrogen and oxygen atoms in total. The highest BCUT2D eigenvalue weighted by Gasteiger charge is 2.74. The van der Waals surface area contributed by atoms with Gasteiger partial charge in [-0.15, -0.1) is 0 Å². The van der Waals surface area contributed by atoms with E-state index in [1.807, 2.05) is 0 Å². The number of aliphatic hydroxyl groups is 5. The number of carbonyl (C=O) groups is 2. The SMILES string of the molecule is C[C@@H]1C[C@H](O)[C@]2(O)O[C@@H]3C[C@@]4(C=O)[C@@H](CC[C@@H]5[C@@H]4C[C@@H](O)[C@]4(C)[C@@H](C6=CC(=O)OC6)[C@H](O)C[C@]54O)C[C@H]3O[C@@H]2O1. The molecule has 4 aliphatic carbocycles. The van der Waals surface area contributed by atoms with Crippen LogP contribution in [0.25, 0.3) is 0 Å². The summed E-state index contributed by atoms with van der Waals surface area (Å²) in [6.07, 6.45) is -1.17. The molecule has 40 heavy (non-hydrogen) atoms. The molecule has 0 aromatic heterocycles. The number of carbonyl (C=O) groups excluding carboxylic acids is 2. The molecule has 0 radical (unpaired) electrons. The number of rotatable bonds is 2. The summed E-state index contributed by atoms with van der Waals surface area (Å²) in [6, 6.07) is 0. The summed E-state index contributed by atoms with van der Waals surface area (Å²) in [5, 5.41) is 57.4. The smallest absolute Gasteiger partial charge is 0.331 e. The Hall–Kier alpha value is -1.44. The van der Waals surface area contributed by atoms with Gasteiger partial charge in [-0.05, 0) is 62.4 Å². The highest BCUT2D eigenvalue weighted by atomic mass is 16.8. The second-order valence-corrected chi connectivity index (χ2v) is 13.8. The summed E-state index contributed by atoms with van der Waals surface area (Å²) in [5.74, 6) is -4.09. The van der Waals surface area contributed by atoms with Crippen molar-refractivity contribution in [3.63, 3.8) is 0 Å². The second kappa shape index (κ2) is 8.79. The van der Waals surface area contributed by atoms with Crippen molar-refractivity contribution in [2.75, 3.05) is 6.61 Å². The van der Waals surface area contributed by atoms with Gasteiger partial charge in [0.25, 0.3) is 0 Å². The summed E-state index contributed by atoms with van der Waals surface area (Å²) in [4.78, 5) is 25.0. The molecule has 0 unspecified atom stereocenters. The Kier molecular flexibility index (Phi) is 6.02. The highest BCUT2D eigenvalue weighted by Crippen LogP contribution is 2.70. The predicted octanol–water partition coefficient (Wildman–Crippen LogP) is -0.0577. The van der Waals surface area contributed by atoms with Crippen molar-refractivity contribution in [3.05, 3.63) is 11.6 Å². The normalized spacial score (nSPS) is 58.9. The lowest BCUT2D eigenvalue weighted by molar-refractivity contribution is -0.457. The summed E-state index contributed by atoms with van der Waals surface area (Å²) in [7, 11) is 0. The van der Waals surface area contributed by atoms with Gasteiger partial charge in [-0.25, -0.2) is 4.79 Å². The van der Waals surface area contributed by atoms with Gasteiger partial charge in [0.2, 0.25) is 12.1 Å². The van der Waals surface area contributed by atoms with Crippen LogP contribution in [0.4, 0.5) is 0 Å². The Labute approximate surface area is 232 Å². The fraction of sp³-hybridized carbons (Fsp3) is 0.862. The zero-order chi connectivity index (χ0) is 28.4. The average molecular weight is 565 g/mol. The minimum Gasteiger partial charge on any atom is -0.458 e. The Morgan fingerprint density at radius 1 is 0.975 bits per heavy atom. The molecule has 3 aliphatic heterocycles. The number of fused-ring (bicyclic) bond motifs is 7. The Balaban J connectivity index is 1.22. The van der Waals surface area contributed by atoms with E-state index < -0.39 is 76.8 Å². The molecule has 7 aliphatic rings. The van der Waals surface area contributed by atoms with Crippen LogP contribution in [0.15, 0.2) is 11.6 Å². The third-order valence-electron chi connectivity index (χ3n) is 12.2. The molecule has 7 rings (SSSR count). The first-order valence-corrected chi connectivity index (χ1v) is 14.7. The largest absolute Gasteiger partial charge is 0.458 e. The molecule has 3 heterocycles. The van der Waals surface area contributed by atoms with Gasteiger partial charge in [-0.2, -0.15) is 0 Å².